The van der Waals surface area contributed by atoms with E-state index >= 15 is 0 Å². The number of hydrazine groups is 1. The molecule has 2 aromatic carbocycles. The zero-order chi connectivity index (χ0) is 22.8. The molecule has 3 aromatic rings. The van der Waals surface area contributed by atoms with E-state index in [4.69, 9.17) is 11.6 Å². The number of carbonyl (C=O) groups excluding carboxylic acids is 1. The molecule has 8 nitrogen and oxygen atoms in total. The van der Waals surface area contributed by atoms with Gasteiger partial charge in [-0.1, -0.05) is 60.1 Å². The third-order valence-electron chi connectivity index (χ3n) is 6.24. The van der Waals surface area contributed by atoms with Gasteiger partial charge >= 0.3 is 0 Å². The molecule has 0 aliphatic carbocycles. The number of nitrogens with zero attached hydrogens (tertiary/aromatic N) is 4. The van der Waals surface area contributed by atoms with E-state index in [1.165, 1.54) is 4.68 Å². The quantitative estimate of drug-likeness (QED) is 0.615. The van der Waals surface area contributed by atoms with Gasteiger partial charge in [0.05, 0.1) is 17.6 Å². The summed E-state index contributed by atoms with van der Waals surface area (Å²) in [6.07, 6.45) is 2.33. The number of hydrogen-bond donors (Lipinski definition) is 2. The van der Waals surface area contributed by atoms with Crippen molar-refractivity contribution < 1.29 is 4.79 Å². The maximum absolute atomic E-state index is 13.1. The highest BCUT2D eigenvalue weighted by Crippen LogP contribution is 2.25. The van der Waals surface area contributed by atoms with Crippen molar-refractivity contribution in [3.05, 3.63) is 87.8 Å². The summed E-state index contributed by atoms with van der Waals surface area (Å²) in [5.74, 6) is 0.0873. The highest BCUT2D eigenvalue weighted by Gasteiger charge is 2.34. The number of hydrogen-bond acceptors (Lipinski definition) is 6. The number of carbonyl (C=O) groups is 1. The smallest absolute Gasteiger partial charge is 0.292 e. The van der Waals surface area contributed by atoms with Gasteiger partial charge in [0, 0.05) is 32.2 Å². The molecular formula is C24H25ClN6O2. The molecule has 3 heterocycles. The summed E-state index contributed by atoms with van der Waals surface area (Å²) in [7, 11) is 0. The fraction of sp³-hybridized carbons (Fsp3) is 0.292. The van der Waals surface area contributed by atoms with E-state index in [1.807, 2.05) is 58.3 Å². The molecule has 2 unspecified atom stereocenters. The lowest BCUT2D eigenvalue weighted by Gasteiger charge is -2.37. The Kier molecular flexibility index (Phi) is 6.13. The first kappa shape index (κ1) is 21.6. The summed E-state index contributed by atoms with van der Waals surface area (Å²) < 4.78 is 1.30. The van der Waals surface area contributed by atoms with E-state index in [2.05, 4.69) is 28.1 Å². The first-order valence-electron chi connectivity index (χ1n) is 11.0. The highest BCUT2D eigenvalue weighted by molar-refractivity contribution is 6.33. The van der Waals surface area contributed by atoms with Crippen molar-refractivity contribution in [2.24, 2.45) is 0 Å². The van der Waals surface area contributed by atoms with Crippen molar-refractivity contribution in [2.75, 3.05) is 31.1 Å². The first-order chi connectivity index (χ1) is 16.1. The van der Waals surface area contributed by atoms with Gasteiger partial charge in [-0.15, -0.1) is 0 Å². The molecule has 170 valence electrons. The van der Waals surface area contributed by atoms with Gasteiger partial charge < -0.3 is 9.80 Å². The molecule has 2 atom stereocenters. The summed E-state index contributed by atoms with van der Waals surface area (Å²) in [5, 5.41) is 4.46. The van der Waals surface area contributed by atoms with E-state index < -0.39 is 0 Å². The average Bonchev–Trinajstić information content (AvgIpc) is 3.37. The van der Waals surface area contributed by atoms with Crippen LogP contribution in [-0.4, -0.2) is 52.8 Å². The third kappa shape index (κ3) is 4.37. The summed E-state index contributed by atoms with van der Waals surface area (Å²) in [6.45, 7) is 2.30. The molecule has 2 aliphatic heterocycles. The van der Waals surface area contributed by atoms with Crippen LogP contribution in [-0.2, 0) is 4.79 Å². The standard InChI is InChI=1S/C24H25ClN6O2/c25-22-21(16-26-31(24(22)33)18-9-5-2-6-10-18)29-11-13-30(14-12-29)23(32)20-15-19(27-28-20)17-7-3-1-4-8-17/h1-10,16,19-20,27-28H,11-15H2. The normalized spacial score (nSPS) is 20.8. The van der Waals surface area contributed by atoms with Crippen LogP contribution in [0.15, 0.2) is 71.7 Å². The van der Waals surface area contributed by atoms with Crippen molar-refractivity contribution in [1.29, 1.82) is 0 Å². The lowest BCUT2D eigenvalue weighted by atomic mass is 10.0. The summed E-state index contributed by atoms with van der Waals surface area (Å²) >= 11 is 6.44. The number of anilines is 1. The summed E-state index contributed by atoms with van der Waals surface area (Å²) in [5.41, 5.74) is 8.47. The van der Waals surface area contributed by atoms with Gasteiger partial charge in [0.1, 0.15) is 11.1 Å². The predicted molar refractivity (Wildman–Crippen MR) is 127 cm³/mol. The van der Waals surface area contributed by atoms with Crippen molar-refractivity contribution in [3.63, 3.8) is 0 Å². The lowest BCUT2D eigenvalue weighted by molar-refractivity contribution is -0.133. The van der Waals surface area contributed by atoms with Crippen molar-refractivity contribution in [3.8, 4) is 5.69 Å². The van der Waals surface area contributed by atoms with E-state index in [0.717, 1.165) is 5.56 Å². The molecule has 9 heteroatoms. The minimum absolute atomic E-state index is 0.0873. The second-order valence-electron chi connectivity index (χ2n) is 8.25. The maximum atomic E-state index is 13.1. The number of rotatable bonds is 4. The van der Waals surface area contributed by atoms with Crippen LogP contribution in [0.4, 0.5) is 5.69 Å². The van der Waals surface area contributed by atoms with Gasteiger partial charge in [0.15, 0.2) is 0 Å². The number of aromatic nitrogens is 2. The van der Waals surface area contributed by atoms with Crippen LogP contribution in [0, 0.1) is 0 Å². The largest absolute Gasteiger partial charge is 0.365 e. The zero-order valence-electron chi connectivity index (χ0n) is 18.0. The van der Waals surface area contributed by atoms with Gasteiger partial charge in [-0.3, -0.25) is 9.59 Å². The fourth-order valence-corrected chi connectivity index (χ4v) is 4.66. The molecule has 1 aromatic heterocycles. The van der Waals surface area contributed by atoms with Gasteiger partial charge in [0.25, 0.3) is 5.56 Å². The predicted octanol–water partition coefficient (Wildman–Crippen LogP) is 2.14. The van der Waals surface area contributed by atoms with Gasteiger partial charge in [-0.25, -0.2) is 10.9 Å². The number of halogens is 1. The van der Waals surface area contributed by atoms with Crippen LogP contribution >= 0.6 is 11.6 Å². The van der Waals surface area contributed by atoms with E-state index in [-0.39, 0.29) is 28.6 Å². The van der Waals surface area contributed by atoms with Crippen molar-refractivity contribution >= 4 is 23.2 Å². The van der Waals surface area contributed by atoms with Gasteiger partial charge in [-0.05, 0) is 24.1 Å². The fourth-order valence-electron chi connectivity index (χ4n) is 4.41. The van der Waals surface area contributed by atoms with E-state index in [9.17, 15) is 9.59 Å². The lowest BCUT2D eigenvalue weighted by Crippen LogP contribution is -2.54. The Morgan fingerprint density at radius 2 is 1.61 bits per heavy atom. The average molecular weight is 465 g/mol. The Labute approximate surface area is 196 Å². The molecule has 0 spiro atoms. The van der Waals surface area contributed by atoms with Crippen molar-refractivity contribution in [2.45, 2.75) is 18.5 Å². The molecule has 2 saturated heterocycles. The third-order valence-corrected chi connectivity index (χ3v) is 6.59. The van der Waals surface area contributed by atoms with Crippen LogP contribution in [0.2, 0.25) is 5.02 Å². The zero-order valence-corrected chi connectivity index (χ0v) is 18.8. The number of para-hydroxylation sites is 1. The number of piperazine rings is 1. The Balaban J connectivity index is 1.22. The molecule has 2 fully saturated rings. The topological polar surface area (TPSA) is 82.5 Å². The first-order valence-corrected chi connectivity index (χ1v) is 11.4. The molecule has 1 amide bonds. The number of nitrogens with one attached hydrogen (secondary N) is 2. The molecule has 2 N–H and O–H groups in total. The Hall–Kier alpha value is -3.20. The molecular weight excluding hydrogens is 440 g/mol. The van der Waals surface area contributed by atoms with Crippen LogP contribution in [0.3, 0.4) is 0 Å². The summed E-state index contributed by atoms with van der Waals surface area (Å²) in [6, 6.07) is 19.2. The molecule has 0 saturated carbocycles. The molecule has 0 bridgehead atoms. The van der Waals surface area contributed by atoms with Crippen LogP contribution in [0.1, 0.15) is 18.0 Å². The van der Waals surface area contributed by atoms with Crippen LogP contribution in [0.5, 0.6) is 0 Å². The minimum atomic E-state index is -0.355. The molecule has 33 heavy (non-hydrogen) atoms. The Morgan fingerprint density at radius 1 is 0.939 bits per heavy atom. The monoisotopic (exact) mass is 464 g/mol. The molecule has 2 aliphatic rings. The maximum Gasteiger partial charge on any atom is 0.292 e. The van der Waals surface area contributed by atoms with Crippen molar-refractivity contribution in [1.82, 2.24) is 25.5 Å². The second-order valence-corrected chi connectivity index (χ2v) is 8.63. The van der Waals surface area contributed by atoms with Crippen LogP contribution < -0.4 is 21.3 Å². The Bertz CT molecular complexity index is 1180. The van der Waals surface area contributed by atoms with Gasteiger partial charge in [0.2, 0.25) is 5.91 Å². The molecule has 0 radical (unpaired) electrons. The highest BCUT2D eigenvalue weighted by atomic mass is 35.5. The van der Waals surface area contributed by atoms with Crippen LogP contribution in [0.25, 0.3) is 5.69 Å². The van der Waals surface area contributed by atoms with E-state index in [0.29, 0.717) is 44.0 Å². The summed E-state index contributed by atoms with van der Waals surface area (Å²) in [4.78, 5) is 29.7. The second kappa shape index (κ2) is 9.35. The Morgan fingerprint density at radius 3 is 2.30 bits per heavy atom. The minimum Gasteiger partial charge on any atom is -0.365 e. The molecule has 5 rings (SSSR count). The number of benzene rings is 2. The van der Waals surface area contributed by atoms with Gasteiger partial charge in [-0.2, -0.15) is 9.78 Å². The number of amides is 1. The SMILES string of the molecule is O=C(C1CC(c2ccccc2)NN1)N1CCN(c2cnn(-c3ccccc3)c(=O)c2Cl)CC1. The van der Waals surface area contributed by atoms with E-state index in [1.54, 1.807) is 6.20 Å².